The van der Waals surface area contributed by atoms with Gasteiger partial charge in [-0.3, -0.25) is 13.9 Å². The average molecular weight is 439 g/mol. The van der Waals surface area contributed by atoms with Gasteiger partial charge in [0.25, 0.3) is 0 Å². The van der Waals surface area contributed by atoms with E-state index in [1.165, 1.54) is 44.3 Å². The van der Waals surface area contributed by atoms with Gasteiger partial charge in [-0.1, -0.05) is 18.2 Å². The maximum Gasteiger partial charge on any atom is 0.244 e. The lowest BCUT2D eigenvalue weighted by Crippen LogP contribution is -2.50. The molecule has 0 aliphatic rings. The maximum absolute atomic E-state index is 14.1. The van der Waals surface area contributed by atoms with Crippen LogP contribution in [-0.4, -0.2) is 51.0 Å². The topological polar surface area (TPSA) is 86.8 Å². The van der Waals surface area contributed by atoms with Crippen LogP contribution in [0.3, 0.4) is 0 Å². The number of nitrogens with zero attached hydrogens (tertiary/aromatic N) is 2. The zero-order valence-corrected chi connectivity index (χ0v) is 17.6. The fourth-order valence-electron chi connectivity index (χ4n) is 2.82. The fraction of sp³-hybridized carbons (Fsp3) is 0.300. The van der Waals surface area contributed by atoms with E-state index in [-0.39, 0.29) is 17.8 Å². The molecule has 0 bridgehead atoms. The van der Waals surface area contributed by atoms with Gasteiger partial charge in [0.2, 0.25) is 21.8 Å². The van der Waals surface area contributed by atoms with Crippen LogP contribution in [0.25, 0.3) is 0 Å². The van der Waals surface area contributed by atoms with Crippen LogP contribution in [0.1, 0.15) is 12.5 Å². The summed E-state index contributed by atoms with van der Waals surface area (Å²) in [4.78, 5) is 26.3. The number of hydrogen-bond acceptors (Lipinski definition) is 4. The monoisotopic (exact) mass is 439 g/mol. The summed E-state index contributed by atoms with van der Waals surface area (Å²) in [6.45, 7) is 0.585. The molecular weight excluding hydrogens is 416 g/mol. The summed E-state index contributed by atoms with van der Waals surface area (Å²) in [7, 11) is -2.51. The van der Waals surface area contributed by atoms with Crippen LogP contribution < -0.4 is 9.62 Å². The summed E-state index contributed by atoms with van der Waals surface area (Å²) in [5, 5.41) is 2.42. The molecule has 30 heavy (non-hydrogen) atoms. The number of benzene rings is 2. The van der Waals surface area contributed by atoms with E-state index in [2.05, 4.69) is 5.32 Å². The molecule has 0 radical (unpaired) electrons. The Morgan fingerprint density at radius 1 is 1.07 bits per heavy atom. The first-order valence-corrected chi connectivity index (χ1v) is 10.9. The zero-order valence-electron chi connectivity index (χ0n) is 16.8. The van der Waals surface area contributed by atoms with E-state index in [1.807, 2.05) is 0 Å². The smallest absolute Gasteiger partial charge is 0.244 e. The lowest BCUT2D eigenvalue weighted by Gasteiger charge is -2.31. The average Bonchev–Trinajstić information content (AvgIpc) is 2.70. The highest BCUT2D eigenvalue weighted by Crippen LogP contribution is 2.20. The van der Waals surface area contributed by atoms with Crippen molar-refractivity contribution >= 4 is 27.5 Å². The summed E-state index contributed by atoms with van der Waals surface area (Å²) in [5.74, 6) is -2.33. The molecule has 1 N–H and O–H groups in total. The molecule has 10 heteroatoms. The summed E-state index contributed by atoms with van der Waals surface area (Å²) in [6, 6.07) is 9.39. The third-order valence-corrected chi connectivity index (χ3v) is 5.65. The number of sulfonamides is 1. The quantitative estimate of drug-likeness (QED) is 0.681. The maximum atomic E-state index is 14.1. The molecule has 2 aromatic rings. The minimum atomic E-state index is -3.90. The number of amides is 2. The van der Waals surface area contributed by atoms with Crippen molar-refractivity contribution < 1.29 is 26.8 Å². The second kappa shape index (κ2) is 9.66. The molecule has 2 amide bonds. The Kier molecular flexibility index (Phi) is 7.49. The third kappa shape index (κ3) is 5.76. The molecule has 0 saturated carbocycles. The Hall–Kier alpha value is -3.01. The zero-order chi connectivity index (χ0) is 22.5. The van der Waals surface area contributed by atoms with E-state index in [0.717, 1.165) is 27.6 Å². The molecule has 0 unspecified atom stereocenters. The molecule has 0 saturated heterocycles. The number of rotatable bonds is 8. The van der Waals surface area contributed by atoms with Crippen molar-refractivity contribution in [1.82, 2.24) is 10.2 Å². The Balaban J connectivity index is 2.38. The van der Waals surface area contributed by atoms with E-state index in [4.69, 9.17) is 0 Å². The molecule has 7 nitrogen and oxygen atoms in total. The molecule has 1 atom stereocenters. The largest absolute Gasteiger partial charge is 0.357 e. The number of halogens is 2. The molecule has 0 spiro atoms. The van der Waals surface area contributed by atoms with Gasteiger partial charge < -0.3 is 10.2 Å². The summed E-state index contributed by atoms with van der Waals surface area (Å²) < 4.78 is 52.7. The van der Waals surface area contributed by atoms with E-state index in [0.29, 0.717) is 0 Å². The highest BCUT2D eigenvalue weighted by molar-refractivity contribution is 7.92. The van der Waals surface area contributed by atoms with Crippen LogP contribution in [0.2, 0.25) is 0 Å². The van der Waals surface area contributed by atoms with Crippen molar-refractivity contribution in [3.63, 3.8) is 0 Å². The standard InChI is InChI=1S/C20H23F2N3O4S/c1-14(20(27)23-2)24(12-15-6-4-5-7-18(15)22)19(26)13-25(30(3,28)29)17-10-8-16(21)9-11-17/h4-11,14H,12-13H2,1-3H3,(H,23,27)/t14-/m1/s1. The second-order valence-corrected chi connectivity index (χ2v) is 8.56. The van der Waals surface area contributed by atoms with Crippen LogP contribution in [-0.2, 0) is 26.2 Å². The van der Waals surface area contributed by atoms with Crippen molar-refractivity contribution in [2.75, 3.05) is 24.2 Å². The lowest BCUT2D eigenvalue weighted by atomic mass is 10.1. The Morgan fingerprint density at radius 2 is 1.67 bits per heavy atom. The number of carbonyl (C=O) groups is 2. The van der Waals surface area contributed by atoms with Gasteiger partial charge in [0, 0.05) is 19.2 Å². The molecule has 0 aromatic heterocycles. The first-order valence-electron chi connectivity index (χ1n) is 9.02. The van der Waals surface area contributed by atoms with Crippen molar-refractivity contribution in [2.45, 2.75) is 19.5 Å². The summed E-state index contributed by atoms with van der Waals surface area (Å²) >= 11 is 0. The predicted octanol–water partition coefficient (Wildman–Crippen LogP) is 1.89. The van der Waals surface area contributed by atoms with Gasteiger partial charge in [-0.2, -0.15) is 0 Å². The minimum absolute atomic E-state index is 0.0886. The lowest BCUT2D eigenvalue weighted by molar-refractivity contribution is -0.139. The predicted molar refractivity (Wildman–Crippen MR) is 109 cm³/mol. The van der Waals surface area contributed by atoms with Gasteiger partial charge >= 0.3 is 0 Å². The first-order chi connectivity index (χ1) is 14.0. The Labute approximate surface area is 174 Å². The first kappa shape index (κ1) is 23.3. The number of hydrogen-bond donors (Lipinski definition) is 1. The van der Waals surface area contributed by atoms with Gasteiger partial charge in [-0.05, 0) is 37.3 Å². The van der Waals surface area contributed by atoms with Crippen LogP contribution in [0.5, 0.6) is 0 Å². The molecular formula is C20H23F2N3O4S. The molecule has 162 valence electrons. The van der Waals surface area contributed by atoms with Crippen LogP contribution >= 0.6 is 0 Å². The van der Waals surface area contributed by atoms with Crippen molar-refractivity contribution in [3.05, 3.63) is 65.7 Å². The fourth-order valence-corrected chi connectivity index (χ4v) is 3.67. The Morgan fingerprint density at radius 3 is 2.20 bits per heavy atom. The second-order valence-electron chi connectivity index (χ2n) is 6.65. The van der Waals surface area contributed by atoms with Gasteiger partial charge in [-0.25, -0.2) is 17.2 Å². The van der Waals surface area contributed by atoms with E-state index < -0.39 is 46.1 Å². The van der Waals surface area contributed by atoms with Crippen molar-refractivity contribution in [2.24, 2.45) is 0 Å². The van der Waals surface area contributed by atoms with Crippen molar-refractivity contribution in [3.8, 4) is 0 Å². The summed E-state index contributed by atoms with van der Waals surface area (Å²) in [5.41, 5.74) is 0.264. The number of nitrogens with one attached hydrogen (secondary N) is 1. The molecule has 2 rings (SSSR count). The highest BCUT2D eigenvalue weighted by atomic mass is 32.2. The van der Waals surface area contributed by atoms with Crippen LogP contribution in [0, 0.1) is 11.6 Å². The van der Waals surface area contributed by atoms with Gasteiger partial charge in [-0.15, -0.1) is 0 Å². The van der Waals surface area contributed by atoms with E-state index >= 15 is 0 Å². The molecule has 0 fully saturated rings. The normalized spacial score (nSPS) is 12.2. The minimum Gasteiger partial charge on any atom is -0.357 e. The number of likely N-dealkylation sites (N-methyl/N-ethyl adjacent to an activating group) is 1. The molecule has 0 heterocycles. The van der Waals surface area contributed by atoms with Crippen LogP contribution in [0.4, 0.5) is 14.5 Å². The molecule has 0 aliphatic carbocycles. The van der Waals surface area contributed by atoms with Gasteiger partial charge in [0.05, 0.1) is 11.9 Å². The van der Waals surface area contributed by atoms with Gasteiger partial charge in [0.1, 0.15) is 24.2 Å². The SMILES string of the molecule is CNC(=O)[C@@H](C)N(Cc1ccccc1F)C(=O)CN(c1ccc(F)cc1)S(C)(=O)=O. The third-order valence-electron chi connectivity index (χ3n) is 4.51. The van der Waals surface area contributed by atoms with Gasteiger partial charge in [0.15, 0.2) is 0 Å². The van der Waals surface area contributed by atoms with Crippen LogP contribution in [0.15, 0.2) is 48.5 Å². The number of carbonyl (C=O) groups excluding carboxylic acids is 2. The molecule has 0 aliphatic heterocycles. The summed E-state index contributed by atoms with van der Waals surface area (Å²) in [6.07, 6.45) is 0.910. The van der Waals surface area contributed by atoms with Crippen molar-refractivity contribution in [1.29, 1.82) is 0 Å². The van der Waals surface area contributed by atoms with E-state index in [9.17, 15) is 26.8 Å². The van der Waals surface area contributed by atoms with E-state index in [1.54, 1.807) is 6.07 Å². The molecule has 2 aromatic carbocycles. The Bertz CT molecular complexity index is 1010. The number of anilines is 1. The highest BCUT2D eigenvalue weighted by Gasteiger charge is 2.30.